The van der Waals surface area contributed by atoms with Crippen LogP contribution in [0.3, 0.4) is 0 Å². The summed E-state index contributed by atoms with van der Waals surface area (Å²) in [6, 6.07) is 15.3. The molecule has 1 amide bonds. The third-order valence-electron chi connectivity index (χ3n) is 3.16. The summed E-state index contributed by atoms with van der Waals surface area (Å²) in [4.78, 5) is 11.9. The zero-order valence-corrected chi connectivity index (χ0v) is 12.9. The van der Waals surface area contributed by atoms with Gasteiger partial charge in [0.1, 0.15) is 0 Å². The van der Waals surface area contributed by atoms with E-state index in [0.29, 0.717) is 16.6 Å². The van der Waals surface area contributed by atoms with Crippen molar-refractivity contribution < 1.29 is 4.79 Å². The van der Waals surface area contributed by atoms with Gasteiger partial charge < -0.3 is 5.32 Å². The van der Waals surface area contributed by atoms with Crippen LogP contribution in [-0.4, -0.2) is 5.91 Å². The van der Waals surface area contributed by atoms with Crippen LogP contribution in [0.1, 0.15) is 30.9 Å². The maximum atomic E-state index is 11.9. The van der Waals surface area contributed by atoms with E-state index in [1.807, 2.05) is 24.3 Å². The number of amides is 1. The van der Waals surface area contributed by atoms with Gasteiger partial charge in [0.25, 0.3) is 0 Å². The fourth-order valence-corrected chi connectivity index (χ4v) is 2.08. The van der Waals surface area contributed by atoms with Crippen LogP contribution in [0, 0.1) is 0 Å². The molecule has 0 aliphatic rings. The summed E-state index contributed by atoms with van der Waals surface area (Å²) in [5, 5.41) is 3.28. The lowest BCUT2D eigenvalue weighted by atomic mass is 10.0. The van der Waals surface area contributed by atoms with Gasteiger partial charge in [0.05, 0.1) is 10.7 Å². The number of carbonyl (C=O) groups excluding carboxylic acids is 1. The second kappa shape index (κ2) is 7.09. The van der Waals surface area contributed by atoms with Crippen molar-refractivity contribution in [1.29, 1.82) is 0 Å². The van der Waals surface area contributed by atoms with Crippen molar-refractivity contribution in [2.75, 3.05) is 5.32 Å². The maximum Gasteiger partial charge on any atom is 0.248 e. The normalized spacial score (nSPS) is 11.0. The molecule has 2 nitrogen and oxygen atoms in total. The first-order valence-corrected chi connectivity index (χ1v) is 7.27. The number of hydrogen-bond acceptors (Lipinski definition) is 1. The van der Waals surface area contributed by atoms with Crippen molar-refractivity contribution in [3.63, 3.8) is 0 Å². The van der Waals surface area contributed by atoms with Gasteiger partial charge in [0.15, 0.2) is 0 Å². The Morgan fingerprint density at radius 3 is 2.38 bits per heavy atom. The van der Waals surface area contributed by atoms with Crippen LogP contribution < -0.4 is 5.32 Å². The predicted octanol–water partition coefficient (Wildman–Crippen LogP) is 5.12. The molecule has 0 saturated carbocycles. The van der Waals surface area contributed by atoms with E-state index in [9.17, 15) is 4.79 Å². The average molecular weight is 300 g/mol. The van der Waals surface area contributed by atoms with Crippen molar-refractivity contribution in [1.82, 2.24) is 0 Å². The summed E-state index contributed by atoms with van der Waals surface area (Å²) in [6.07, 6.45) is 3.30. The van der Waals surface area contributed by atoms with Gasteiger partial charge in [-0.3, -0.25) is 4.79 Å². The van der Waals surface area contributed by atoms with Crippen molar-refractivity contribution in [2.24, 2.45) is 0 Å². The molecule has 0 saturated heterocycles. The van der Waals surface area contributed by atoms with Crippen LogP contribution in [0.25, 0.3) is 6.08 Å². The molecule has 2 aromatic carbocycles. The number of anilines is 1. The topological polar surface area (TPSA) is 29.1 Å². The molecule has 0 fully saturated rings. The van der Waals surface area contributed by atoms with Gasteiger partial charge in [-0.25, -0.2) is 0 Å². The van der Waals surface area contributed by atoms with Crippen molar-refractivity contribution in [2.45, 2.75) is 19.8 Å². The van der Waals surface area contributed by atoms with Gasteiger partial charge in [0, 0.05) is 6.08 Å². The minimum absolute atomic E-state index is 0.198. The molecule has 0 heterocycles. The minimum Gasteiger partial charge on any atom is -0.321 e. The van der Waals surface area contributed by atoms with Gasteiger partial charge in [0.2, 0.25) is 5.91 Å². The molecule has 0 aromatic heterocycles. The van der Waals surface area contributed by atoms with Gasteiger partial charge in [-0.1, -0.05) is 61.8 Å². The molecular formula is C18H18ClNO. The predicted molar refractivity (Wildman–Crippen MR) is 89.6 cm³/mol. The molecule has 0 bridgehead atoms. The average Bonchev–Trinajstić information content (AvgIpc) is 2.48. The van der Waals surface area contributed by atoms with Crippen LogP contribution in [-0.2, 0) is 4.79 Å². The zero-order valence-electron chi connectivity index (χ0n) is 12.1. The molecule has 1 N–H and O–H groups in total. The van der Waals surface area contributed by atoms with Gasteiger partial charge in [-0.05, 0) is 35.3 Å². The summed E-state index contributed by atoms with van der Waals surface area (Å²) < 4.78 is 0. The fraction of sp³-hybridized carbons (Fsp3) is 0.167. The summed E-state index contributed by atoms with van der Waals surface area (Å²) in [5.74, 6) is 0.308. The van der Waals surface area contributed by atoms with Crippen LogP contribution in [0.4, 0.5) is 5.69 Å². The highest BCUT2D eigenvalue weighted by atomic mass is 35.5. The number of hydrogen-bond donors (Lipinski definition) is 1. The first kappa shape index (κ1) is 15.3. The Morgan fingerprint density at radius 2 is 1.76 bits per heavy atom. The maximum absolute atomic E-state index is 11.9. The molecule has 21 heavy (non-hydrogen) atoms. The van der Waals surface area contributed by atoms with E-state index in [2.05, 4.69) is 31.3 Å². The lowest BCUT2D eigenvalue weighted by Gasteiger charge is -2.05. The lowest BCUT2D eigenvalue weighted by molar-refractivity contribution is -0.111. The third-order valence-corrected chi connectivity index (χ3v) is 3.49. The number of carbonyl (C=O) groups is 1. The Morgan fingerprint density at radius 1 is 1.10 bits per heavy atom. The van der Waals surface area contributed by atoms with Crippen LogP contribution in [0.5, 0.6) is 0 Å². The number of rotatable bonds is 4. The number of benzene rings is 2. The highest BCUT2D eigenvalue weighted by molar-refractivity contribution is 6.33. The zero-order chi connectivity index (χ0) is 15.2. The SMILES string of the molecule is CC(C)c1ccc(C=CC(=O)Nc2ccccc2Cl)cc1. The summed E-state index contributed by atoms with van der Waals surface area (Å²) in [6.45, 7) is 4.31. The summed E-state index contributed by atoms with van der Waals surface area (Å²) >= 11 is 5.99. The monoisotopic (exact) mass is 299 g/mol. The third kappa shape index (κ3) is 4.47. The van der Waals surface area contributed by atoms with Crippen molar-refractivity contribution >= 4 is 29.3 Å². The lowest BCUT2D eigenvalue weighted by Crippen LogP contribution is -2.07. The number of nitrogens with one attached hydrogen (secondary N) is 1. The molecule has 2 rings (SSSR count). The molecule has 108 valence electrons. The number of para-hydroxylation sites is 1. The van der Waals surface area contributed by atoms with Crippen LogP contribution >= 0.6 is 11.6 Å². The van der Waals surface area contributed by atoms with Crippen LogP contribution in [0.15, 0.2) is 54.6 Å². The quantitative estimate of drug-likeness (QED) is 0.780. The molecule has 0 unspecified atom stereocenters. The first-order valence-electron chi connectivity index (χ1n) is 6.90. The van der Waals surface area contributed by atoms with E-state index >= 15 is 0 Å². The molecular weight excluding hydrogens is 282 g/mol. The van der Waals surface area contributed by atoms with E-state index in [-0.39, 0.29) is 5.91 Å². The molecule has 0 aliphatic heterocycles. The Hall–Kier alpha value is -2.06. The van der Waals surface area contributed by atoms with Gasteiger partial charge >= 0.3 is 0 Å². The molecule has 0 aliphatic carbocycles. The molecule has 0 radical (unpaired) electrons. The standard InChI is InChI=1S/C18H18ClNO/c1-13(2)15-10-7-14(8-11-15)9-12-18(21)20-17-6-4-3-5-16(17)19/h3-13H,1-2H3,(H,20,21). The summed E-state index contributed by atoms with van der Waals surface area (Å²) in [5.41, 5.74) is 2.89. The van der Waals surface area contributed by atoms with Crippen LogP contribution in [0.2, 0.25) is 5.02 Å². The van der Waals surface area contributed by atoms with Gasteiger partial charge in [-0.15, -0.1) is 0 Å². The molecule has 3 heteroatoms. The van der Waals surface area contributed by atoms with E-state index in [1.165, 1.54) is 11.6 Å². The number of halogens is 1. The fourth-order valence-electron chi connectivity index (χ4n) is 1.90. The van der Waals surface area contributed by atoms with E-state index in [4.69, 9.17) is 11.6 Å². The smallest absolute Gasteiger partial charge is 0.248 e. The highest BCUT2D eigenvalue weighted by Crippen LogP contribution is 2.20. The Kier molecular flexibility index (Phi) is 5.18. The largest absolute Gasteiger partial charge is 0.321 e. The second-order valence-corrected chi connectivity index (χ2v) is 5.53. The Balaban J connectivity index is 2.00. The van der Waals surface area contributed by atoms with E-state index in [0.717, 1.165) is 5.56 Å². The van der Waals surface area contributed by atoms with Crippen molar-refractivity contribution in [3.8, 4) is 0 Å². The molecule has 2 aromatic rings. The minimum atomic E-state index is -0.198. The second-order valence-electron chi connectivity index (χ2n) is 5.12. The molecule has 0 spiro atoms. The first-order chi connectivity index (χ1) is 10.1. The van der Waals surface area contributed by atoms with E-state index < -0.39 is 0 Å². The van der Waals surface area contributed by atoms with Crippen molar-refractivity contribution in [3.05, 3.63) is 70.8 Å². The van der Waals surface area contributed by atoms with Gasteiger partial charge in [-0.2, -0.15) is 0 Å². The van der Waals surface area contributed by atoms with E-state index in [1.54, 1.807) is 18.2 Å². The Bertz CT molecular complexity index is 645. The summed E-state index contributed by atoms with van der Waals surface area (Å²) in [7, 11) is 0. The highest BCUT2D eigenvalue weighted by Gasteiger charge is 2.02. The Labute approximate surface area is 130 Å². The molecule has 0 atom stereocenters.